The smallest absolute Gasteiger partial charge is 0.277 e. The van der Waals surface area contributed by atoms with E-state index in [-0.39, 0.29) is 11.7 Å². The summed E-state index contributed by atoms with van der Waals surface area (Å²) in [5.41, 5.74) is 3.21. The number of hydrogen-bond donors (Lipinski definition) is 1. The Morgan fingerprint density at radius 3 is 2.64 bits per heavy atom. The standard InChI is InChI=1S/C25H30N4O3S/c1-18-4-3-13-29(15-18)16-20-7-5-19(6-8-20)14-26-23(30)17-33-25-28-27-24(32-25)21-9-11-22(31-2)12-10-21/h5-12,18H,3-4,13-17H2,1-2H3,(H,26,30). The number of methoxy groups -OCH3 is 1. The molecular formula is C25H30N4O3S. The predicted molar refractivity (Wildman–Crippen MR) is 129 cm³/mol. The monoisotopic (exact) mass is 466 g/mol. The topological polar surface area (TPSA) is 80.5 Å². The van der Waals surface area contributed by atoms with Gasteiger partial charge in [-0.2, -0.15) is 0 Å². The number of aromatic nitrogens is 2. The molecule has 1 N–H and O–H groups in total. The van der Waals surface area contributed by atoms with E-state index in [1.165, 1.54) is 43.3 Å². The molecule has 4 rings (SSSR count). The van der Waals surface area contributed by atoms with Gasteiger partial charge in [0, 0.05) is 25.2 Å². The summed E-state index contributed by atoms with van der Waals surface area (Å²) < 4.78 is 10.8. The van der Waals surface area contributed by atoms with Crippen molar-refractivity contribution >= 4 is 17.7 Å². The van der Waals surface area contributed by atoms with E-state index in [0.717, 1.165) is 29.3 Å². The van der Waals surface area contributed by atoms with Gasteiger partial charge in [-0.05, 0) is 60.7 Å². The fraction of sp³-hybridized carbons (Fsp3) is 0.400. The highest BCUT2D eigenvalue weighted by Gasteiger charge is 2.16. The van der Waals surface area contributed by atoms with Crippen molar-refractivity contribution in [1.29, 1.82) is 0 Å². The van der Waals surface area contributed by atoms with E-state index in [1.54, 1.807) is 7.11 Å². The zero-order valence-corrected chi connectivity index (χ0v) is 19.9. The number of carbonyl (C=O) groups is 1. The summed E-state index contributed by atoms with van der Waals surface area (Å²) >= 11 is 1.23. The number of amides is 1. The van der Waals surface area contributed by atoms with Crippen LogP contribution in [0.1, 0.15) is 30.9 Å². The second kappa shape index (κ2) is 11.3. The van der Waals surface area contributed by atoms with Gasteiger partial charge in [-0.25, -0.2) is 0 Å². The number of nitrogens with one attached hydrogen (secondary N) is 1. The summed E-state index contributed by atoms with van der Waals surface area (Å²) in [5.74, 6) is 2.11. The van der Waals surface area contributed by atoms with Crippen molar-refractivity contribution < 1.29 is 13.9 Å². The van der Waals surface area contributed by atoms with Gasteiger partial charge in [-0.1, -0.05) is 43.0 Å². The Morgan fingerprint density at radius 1 is 1.15 bits per heavy atom. The second-order valence-electron chi connectivity index (χ2n) is 8.47. The van der Waals surface area contributed by atoms with Crippen LogP contribution in [0.25, 0.3) is 11.5 Å². The molecule has 1 aromatic heterocycles. The maximum atomic E-state index is 12.3. The number of ether oxygens (including phenoxy) is 1. The van der Waals surface area contributed by atoms with E-state index in [0.29, 0.717) is 17.7 Å². The molecule has 2 aromatic carbocycles. The molecule has 0 saturated carbocycles. The molecule has 1 fully saturated rings. The van der Waals surface area contributed by atoms with Crippen LogP contribution in [-0.4, -0.2) is 47.0 Å². The SMILES string of the molecule is COc1ccc(-c2nnc(SCC(=O)NCc3ccc(CN4CCCC(C)C4)cc3)o2)cc1. The number of thioether (sulfide) groups is 1. The van der Waals surface area contributed by atoms with E-state index in [9.17, 15) is 4.79 Å². The summed E-state index contributed by atoms with van der Waals surface area (Å²) in [5, 5.41) is 11.4. The van der Waals surface area contributed by atoms with Crippen molar-refractivity contribution in [2.24, 2.45) is 5.92 Å². The number of rotatable bonds is 9. The molecule has 0 spiro atoms. The first-order chi connectivity index (χ1) is 16.1. The molecule has 1 aliphatic rings. The van der Waals surface area contributed by atoms with E-state index in [2.05, 4.69) is 51.6 Å². The Morgan fingerprint density at radius 2 is 1.91 bits per heavy atom. The van der Waals surface area contributed by atoms with Gasteiger partial charge in [0.2, 0.25) is 11.8 Å². The van der Waals surface area contributed by atoms with E-state index in [4.69, 9.17) is 9.15 Å². The first kappa shape index (κ1) is 23.3. The van der Waals surface area contributed by atoms with E-state index >= 15 is 0 Å². The van der Waals surface area contributed by atoms with Gasteiger partial charge < -0.3 is 14.5 Å². The highest BCUT2D eigenvalue weighted by molar-refractivity contribution is 7.99. The summed E-state index contributed by atoms with van der Waals surface area (Å²) in [6, 6.07) is 15.9. The van der Waals surface area contributed by atoms with E-state index in [1.807, 2.05) is 24.3 Å². The molecule has 8 heteroatoms. The lowest BCUT2D eigenvalue weighted by molar-refractivity contribution is -0.118. The quantitative estimate of drug-likeness (QED) is 0.469. The van der Waals surface area contributed by atoms with E-state index < -0.39 is 0 Å². The second-order valence-corrected chi connectivity index (χ2v) is 9.39. The number of likely N-dealkylation sites (tertiary alicyclic amines) is 1. The molecular weight excluding hydrogens is 436 g/mol. The Kier molecular flexibility index (Phi) is 8.01. The Bertz CT molecular complexity index is 1040. The third kappa shape index (κ3) is 6.82. The minimum atomic E-state index is -0.0735. The molecule has 1 unspecified atom stereocenters. The first-order valence-electron chi connectivity index (χ1n) is 11.3. The fourth-order valence-corrected chi connectivity index (χ4v) is 4.54. The molecule has 33 heavy (non-hydrogen) atoms. The van der Waals surface area contributed by atoms with Crippen LogP contribution in [0, 0.1) is 5.92 Å². The highest BCUT2D eigenvalue weighted by atomic mass is 32.2. The molecule has 174 valence electrons. The fourth-order valence-electron chi connectivity index (χ4n) is 3.95. The normalized spacial score (nSPS) is 16.5. The molecule has 1 atom stereocenters. The zero-order chi connectivity index (χ0) is 23.0. The molecule has 1 saturated heterocycles. The molecule has 2 heterocycles. The maximum Gasteiger partial charge on any atom is 0.277 e. The van der Waals surface area contributed by atoms with Gasteiger partial charge in [-0.15, -0.1) is 10.2 Å². The lowest BCUT2D eigenvalue weighted by Crippen LogP contribution is -2.33. The Balaban J connectivity index is 1.20. The molecule has 7 nitrogen and oxygen atoms in total. The summed E-state index contributed by atoms with van der Waals surface area (Å²) in [7, 11) is 1.62. The number of piperidine rings is 1. The van der Waals surface area contributed by atoms with Gasteiger partial charge >= 0.3 is 0 Å². The summed E-state index contributed by atoms with van der Waals surface area (Å²) in [4.78, 5) is 14.8. The number of benzene rings is 2. The van der Waals surface area contributed by atoms with Crippen LogP contribution in [-0.2, 0) is 17.9 Å². The van der Waals surface area contributed by atoms with Gasteiger partial charge in [-0.3, -0.25) is 9.69 Å². The van der Waals surface area contributed by atoms with Crippen molar-refractivity contribution in [3.8, 4) is 17.2 Å². The lowest BCUT2D eigenvalue weighted by Gasteiger charge is -2.30. The molecule has 3 aromatic rings. The minimum Gasteiger partial charge on any atom is -0.497 e. The Labute approximate surface area is 198 Å². The largest absolute Gasteiger partial charge is 0.497 e. The van der Waals surface area contributed by atoms with Crippen LogP contribution in [0.2, 0.25) is 0 Å². The third-order valence-electron chi connectivity index (χ3n) is 5.73. The van der Waals surface area contributed by atoms with Crippen molar-refractivity contribution in [2.45, 2.75) is 38.1 Å². The van der Waals surface area contributed by atoms with Crippen LogP contribution in [0.15, 0.2) is 58.2 Å². The van der Waals surface area contributed by atoms with Crippen LogP contribution >= 0.6 is 11.8 Å². The van der Waals surface area contributed by atoms with Crippen LogP contribution in [0.4, 0.5) is 0 Å². The third-order valence-corrected chi connectivity index (χ3v) is 6.55. The van der Waals surface area contributed by atoms with Crippen molar-refractivity contribution in [3.05, 3.63) is 59.7 Å². The molecule has 1 amide bonds. The average Bonchev–Trinajstić information content (AvgIpc) is 3.31. The predicted octanol–water partition coefficient (Wildman–Crippen LogP) is 4.39. The lowest BCUT2D eigenvalue weighted by atomic mass is 9.99. The number of hydrogen-bond acceptors (Lipinski definition) is 7. The number of carbonyl (C=O) groups excluding carboxylic acids is 1. The van der Waals surface area contributed by atoms with Crippen molar-refractivity contribution in [2.75, 3.05) is 26.0 Å². The van der Waals surface area contributed by atoms with Crippen molar-refractivity contribution in [1.82, 2.24) is 20.4 Å². The van der Waals surface area contributed by atoms with Gasteiger partial charge in [0.25, 0.3) is 5.22 Å². The highest BCUT2D eigenvalue weighted by Crippen LogP contribution is 2.25. The molecule has 0 bridgehead atoms. The molecule has 0 aliphatic carbocycles. The first-order valence-corrected chi connectivity index (χ1v) is 12.2. The summed E-state index contributed by atoms with van der Waals surface area (Å²) in [6.45, 7) is 6.19. The maximum absolute atomic E-state index is 12.3. The summed E-state index contributed by atoms with van der Waals surface area (Å²) in [6.07, 6.45) is 2.62. The average molecular weight is 467 g/mol. The Hall–Kier alpha value is -2.84. The van der Waals surface area contributed by atoms with Gasteiger partial charge in [0.15, 0.2) is 0 Å². The molecule has 1 aliphatic heterocycles. The van der Waals surface area contributed by atoms with Crippen LogP contribution in [0.3, 0.4) is 0 Å². The minimum absolute atomic E-state index is 0.0735. The molecule has 0 radical (unpaired) electrons. The van der Waals surface area contributed by atoms with Gasteiger partial charge in [0.1, 0.15) is 5.75 Å². The zero-order valence-electron chi connectivity index (χ0n) is 19.1. The number of nitrogens with zero attached hydrogens (tertiary/aromatic N) is 3. The van der Waals surface area contributed by atoms with Gasteiger partial charge in [0.05, 0.1) is 12.9 Å². The van der Waals surface area contributed by atoms with Crippen LogP contribution < -0.4 is 10.1 Å². The van der Waals surface area contributed by atoms with Crippen LogP contribution in [0.5, 0.6) is 5.75 Å². The van der Waals surface area contributed by atoms with Crippen molar-refractivity contribution in [3.63, 3.8) is 0 Å².